The highest BCUT2D eigenvalue weighted by molar-refractivity contribution is 7.89. The molecule has 3 rings (SSSR count). The molecule has 3 aromatic rings. The molecule has 0 aromatic heterocycles. The topological polar surface area (TPSA) is 55.4 Å². The van der Waals surface area contributed by atoms with Crippen molar-refractivity contribution in [2.75, 3.05) is 0 Å². The van der Waals surface area contributed by atoms with Crippen molar-refractivity contribution >= 4 is 10.0 Å². The predicted molar refractivity (Wildman–Crippen MR) is 98.1 cm³/mol. The van der Waals surface area contributed by atoms with E-state index in [9.17, 15) is 12.8 Å². The van der Waals surface area contributed by atoms with Gasteiger partial charge in [0.05, 0.1) is 4.90 Å². The highest BCUT2D eigenvalue weighted by Crippen LogP contribution is 2.23. The van der Waals surface area contributed by atoms with Gasteiger partial charge in [0.15, 0.2) is 0 Å². The van der Waals surface area contributed by atoms with E-state index in [1.54, 1.807) is 31.2 Å². The molecule has 6 heteroatoms. The maximum atomic E-state index is 13.0. The van der Waals surface area contributed by atoms with Crippen LogP contribution in [0.15, 0.2) is 83.8 Å². The summed E-state index contributed by atoms with van der Waals surface area (Å²) in [6.07, 6.45) is 0. The quantitative estimate of drug-likeness (QED) is 0.686. The number of para-hydroxylation sites is 1. The molecule has 0 saturated carbocycles. The Bertz CT molecular complexity index is 956. The first kappa shape index (κ1) is 18.1. The first-order chi connectivity index (χ1) is 12.4. The lowest BCUT2D eigenvalue weighted by Crippen LogP contribution is -2.26. The van der Waals surface area contributed by atoms with Crippen molar-refractivity contribution < 1.29 is 17.5 Å². The van der Waals surface area contributed by atoms with Crippen LogP contribution in [0.25, 0.3) is 0 Å². The fraction of sp³-hybridized carbons (Fsp3) is 0.100. The van der Waals surface area contributed by atoms with Crippen LogP contribution < -0.4 is 9.46 Å². The second-order valence-electron chi connectivity index (χ2n) is 5.78. The van der Waals surface area contributed by atoms with E-state index in [2.05, 4.69) is 4.72 Å². The van der Waals surface area contributed by atoms with Gasteiger partial charge < -0.3 is 4.74 Å². The molecule has 0 spiro atoms. The predicted octanol–water partition coefficient (Wildman–Crippen LogP) is 4.66. The van der Waals surface area contributed by atoms with Crippen LogP contribution in [0.4, 0.5) is 4.39 Å². The summed E-state index contributed by atoms with van der Waals surface area (Å²) >= 11 is 0. The minimum absolute atomic E-state index is 0.131. The molecule has 134 valence electrons. The summed E-state index contributed by atoms with van der Waals surface area (Å²) in [5, 5.41) is 0. The zero-order chi connectivity index (χ0) is 18.6. The molecule has 3 aromatic carbocycles. The van der Waals surface area contributed by atoms with Gasteiger partial charge in [-0.2, -0.15) is 0 Å². The highest BCUT2D eigenvalue weighted by Gasteiger charge is 2.18. The molecule has 0 amide bonds. The summed E-state index contributed by atoms with van der Waals surface area (Å²) in [5.74, 6) is 0.853. The summed E-state index contributed by atoms with van der Waals surface area (Å²) in [7, 11) is -3.71. The minimum atomic E-state index is -3.71. The molecular formula is C20H18FNO3S. The Kier molecular flexibility index (Phi) is 5.35. The summed E-state index contributed by atoms with van der Waals surface area (Å²) < 4.78 is 46.3. The van der Waals surface area contributed by atoms with E-state index in [1.807, 2.05) is 30.3 Å². The van der Waals surface area contributed by atoms with Crippen molar-refractivity contribution in [2.24, 2.45) is 0 Å². The second kappa shape index (κ2) is 7.68. The fourth-order valence-electron chi connectivity index (χ4n) is 2.43. The van der Waals surface area contributed by atoms with Crippen LogP contribution in [-0.4, -0.2) is 8.42 Å². The van der Waals surface area contributed by atoms with Gasteiger partial charge in [0.1, 0.15) is 17.3 Å². The molecule has 0 aliphatic carbocycles. The molecule has 26 heavy (non-hydrogen) atoms. The maximum Gasteiger partial charge on any atom is 0.241 e. The average Bonchev–Trinajstić information content (AvgIpc) is 2.63. The van der Waals surface area contributed by atoms with Crippen molar-refractivity contribution in [2.45, 2.75) is 17.9 Å². The maximum absolute atomic E-state index is 13.0. The number of halogens is 1. The van der Waals surface area contributed by atoms with Crippen LogP contribution in [0.2, 0.25) is 0 Å². The molecule has 0 radical (unpaired) electrons. The van der Waals surface area contributed by atoms with Gasteiger partial charge >= 0.3 is 0 Å². The standard InChI is InChI=1S/C20H18FNO3S/c1-15(16-7-9-17(21)10-8-16)22-26(23,24)20-13-11-19(12-14-20)25-18-5-3-2-4-6-18/h2-15,22H,1H3. The Balaban J connectivity index is 1.71. The van der Waals surface area contributed by atoms with Crippen molar-refractivity contribution in [3.63, 3.8) is 0 Å². The van der Waals surface area contributed by atoms with Crippen molar-refractivity contribution in [3.05, 3.63) is 90.2 Å². The number of hydrogen-bond donors (Lipinski definition) is 1. The van der Waals surface area contributed by atoms with Crippen LogP contribution in [0.1, 0.15) is 18.5 Å². The molecule has 1 unspecified atom stereocenters. The summed E-state index contributed by atoms with van der Waals surface area (Å²) in [6, 6.07) is 20.6. The molecule has 1 N–H and O–H groups in total. The zero-order valence-electron chi connectivity index (χ0n) is 14.1. The highest BCUT2D eigenvalue weighted by atomic mass is 32.2. The van der Waals surface area contributed by atoms with Crippen LogP contribution in [0, 0.1) is 5.82 Å². The SMILES string of the molecule is CC(NS(=O)(=O)c1ccc(Oc2ccccc2)cc1)c1ccc(F)cc1. The van der Waals surface area contributed by atoms with Gasteiger partial charge in [0.2, 0.25) is 10.0 Å². The number of hydrogen-bond acceptors (Lipinski definition) is 3. The van der Waals surface area contributed by atoms with Gasteiger partial charge in [-0.25, -0.2) is 17.5 Å². The Morgan fingerprint density at radius 2 is 1.42 bits per heavy atom. The van der Waals surface area contributed by atoms with Crippen LogP contribution in [0.5, 0.6) is 11.5 Å². The molecule has 0 heterocycles. The van der Waals surface area contributed by atoms with Crippen molar-refractivity contribution in [3.8, 4) is 11.5 Å². The number of sulfonamides is 1. The Morgan fingerprint density at radius 3 is 2.04 bits per heavy atom. The van der Waals surface area contributed by atoms with Gasteiger partial charge in [0.25, 0.3) is 0 Å². The van der Waals surface area contributed by atoms with Gasteiger partial charge in [-0.1, -0.05) is 30.3 Å². The van der Waals surface area contributed by atoms with Gasteiger partial charge in [0, 0.05) is 6.04 Å². The molecule has 0 aliphatic heterocycles. The summed E-state index contributed by atoms with van der Waals surface area (Å²) in [6.45, 7) is 1.71. The van der Waals surface area contributed by atoms with E-state index < -0.39 is 16.1 Å². The molecule has 1 atom stereocenters. The molecule has 4 nitrogen and oxygen atoms in total. The van der Waals surface area contributed by atoms with Gasteiger partial charge in [-0.3, -0.25) is 0 Å². The molecule has 0 aliphatic rings. The first-order valence-electron chi connectivity index (χ1n) is 8.05. The lowest BCUT2D eigenvalue weighted by atomic mass is 10.1. The monoisotopic (exact) mass is 371 g/mol. The van der Waals surface area contributed by atoms with Crippen LogP contribution >= 0.6 is 0 Å². The van der Waals surface area contributed by atoms with E-state index in [0.29, 0.717) is 17.1 Å². The van der Waals surface area contributed by atoms with Crippen molar-refractivity contribution in [1.29, 1.82) is 0 Å². The Morgan fingerprint density at radius 1 is 0.846 bits per heavy atom. The van der Waals surface area contributed by atoms with E-state index in [0.717, 1.165) is 0 Å². The number of benzene rings is 3. The minimum Gasteiger partial charge on any atom is -0.457 e. The Labute approximate surface area is 152 Å². The fourth-order valence-corrected chi connectivity index (χ4v) is 3.66. The van der Waals surface area contributed by atoms with E-state index in [1.165, 1.54) is 24.3 Å². The third-order valence-electron chi connectivity index (χ3n) is 3.81. The second-order valence-corrected chi connectivity index (χ2v) is 7.50. The third kappa shape index (κ3) is 4.47. The molecule has 0 saturated heterocycles. The van der Waals surface area contributed by atoms with Crippen LogP contribution in [0.3, 0.4) is 0 Å². The van der Waals surface area contributed by atoms with Gasteiger partial charge in [-0.05, 0) is 61.0 Å². The van der Waals surface area contributed by atoms with E-state index in [4.69, 9.17) is 4.74 Å². The van der Waals surface area contributed by atoms with Gasteiger partial charge in [-0.15, -0.1) is 0 Å². The lowest BCUT2D eigenvalue weighted by Gasteiger charge is -2.15. The number of nitrogens with one attached hydrogen (secondary N) is 1. The summed E-state index contributed by atoms with van der Waals surface area (Å²) in [4.78, 5) is 0.131. The van der Waals surface area contributed by atoms with E-state index >= 15 is 0 Å². The first-order valence-corrected chi connectivity index (χ1v) is 9.53. The third-order valence-corrected chi connectivity index (χ3v) is 5.37. The largest absolute Gasteiger partial charge is 0.457 e. The number of ether oxygens (including phenoxy) is 1. The van der Waals surface area contributed by atoms with Crippen molar-refractivity contribution in [1.82, 2.24) is 4.72 Å². The zero-order valence-corrected chi connectivity index (χ0v) is 14.9. The molecule has 0 fully saturated rings. The lowest BCUT2D eigenvalue weighted by molar-refractivity contribution is 0.482. The molecular weight excluding hydrogens is 353 g/mol. The normalized spacial score (nSPS) is 12.5. The molecule has 0 bridgehead atoms. The van der Waals surface area contributed by atoms with Crippen LogP contribution in [-0.2, 0) is 10.0 Å². The van der Waals surface area contributed by atoms with E-state index in [-0.39, 0.29) is 10.7 Å². The summed E-state index contributed by atoms with van der Waals surface area (Å²) in [5.41, 5.74) is 0.680. The smallest absolute Gasteiger partial charge is 0.241 e. The average molecular weight is 371 g/mol. The Hall–Kier alpha value is -2.70. The number of rotatable bonds is 6.